The van der Waals surface area contributed by atoms with Crippen LogP contribution < -0.4 is 5.30 Å². The quantitative estimate of drug-likeness (QED) is 0.498. The van der Waals surface area contributed by atoms with E-state index in [9.17, 15) is 4.39 Å². The Balaban J connectivity index is 2.37. The van der Waals surface area contributed by atoms with Crippen molar-refractivity contribution in [1.82, 2.24) is 0 Å². The second-order valence-corrected chi connectivity index (χ2v) is 3.55. The highest BCUT2D eigenvalue weighted by Gasteiger charge is 1.92. The monoisotopic (exact) mass is 184 g/mol. The highest BCUT2D eigenvalue weighted by Crippen LogP contribution is 2.04. The molecule has 0 N–H and O–H groups in total. The van der Waals surface area contributed by atoms with Crippen LogP contribution in [-0.2, 0) is 6.42 Å². The number of halogens is 1. The van der Waals surface area contributed by atoms with Crippen LogP contribution >= 0.6 is 9.24 Å². The molecule has 0 nitrogen and oxygen atoms in total. The predicted molar refractivity (Wildman–Crippen MR) is 54.7 cm³/mol. The third-order valence-corrected chi connectivity index (χ3v) is 2.21. The summed E-state index contributed by atoms with van der Waals surface area (Å²) in [4.78, 5) is 0. The van der Waals surface area contributed by atoms with Crippen molar-refractivity contribution in [1.29, 1.82) is 0 Å². The van der Waals surface area contributed by atoms with Gasteiger partial charge in [-0.3, -0.25) is 4.39 Å². The highest BCUT2D eigenvalue weighted by molar-refractivity contribution is 7.27. The van der Waals surface area contributed by atoms with Crippen LogP contribution in [0.25, 0.3) is 0 Å². The Morgan fingerprint density at radius 2 is 1.75 bits per heavy atom. The maximum atomic E-state index is 11.8. The summed E-state index contributed by atoms with van der Waals surface area (Å²) in [7, 11) is 2.65. The van der Waals surface area contributed by atoms with Gasteiger partial charge in [-0.1, -0.05) is 24.3 Å². The SMILES string of the molecule is FCCCCc1ccc(P)cc1. The number of benzene rings is 1. The van der Waals surface area contributed by atoms with Gasteiger partial charge in [-0.05, 0) is 30.1 Å². The molecule has 0 spiro atoms. The third-order valence-electron chi connectivity index (χ3n) is 1.83. The minimum Gasteiger partial charge on any atom is -0.251 e. The number of aryl methyl sites for hydroxylation is 1. The van der Waals surface area contributed by atoms with Crippen LogP contribution in [0.1, 0.15) is 18.4 Å². The molecule has 0 radical (unpaired) electrons. The van der Waals surface area contributed by atoms with Gasteiger partial charge in [0.2, 0.25) is 0 Å². The van der Waals surface area contributed by atoms with E-state index in [0.717, 1.165) is 12.8 Å². The summed E-state index contributed by atoms with van der Waals surface area (Å²) in [6, 6.07) is 8.33. The van der Waals surface area contributed by atoms with Crippen LogP contribution in [0.15, 0.2) is 24.3 Å². The van der Waals surface area contributed by atoms with Crippen LogP contribution in [0.5, 0.6) is 0 Å². The van der Waals surface area contributed by atoms with Crippen LogP contribution in [0.4, 0.5) is 4.39 Å². The van der Waals surface area contributed by atoms with Crippen LogP contribution in [0, 0.1) is 0 Å². The Morgan fingerprint density at radius 3 is 2.33 bits per heavy atom. The molecule has 0 aliphatic rings. The van der Waals surface area contributed by atoms with Crippen LogP contribution in [0.2, 0.25) is 0 Å². The van der Waals surface area contributed by atoms with E-state index in [4.69, 9.17) is 0 Å². The fourth-order valence-electron chi connectivity index (χ4n) is 1.11. The van der Waals surface area contributed by atoms with Crippen molar-refractivity contribution in [2.24, 2.45) is 0 Å². The molecule has 1 aromatic carbocycles. The first kappa shape index (κ1) is 9.67. The molecule has 12 heavy (non-hydrogen) atoms. The predicted octanol–water partition coefficient (Wildman–Crippen LogP) is 2.48. The van der Waals surface area contributed by atoms with Gasteiger partial charge in [0.25, 0.3) is 0 Å². The molecular weight excluding hydrogens is 170 g/mol. The lowest BCUT2D eigenvalue weighted by Crippen LogP contribution is -1.91. The molecular formula is C10H14FP. The number of hydrogen-bond donors (Lipinski definition) is 0. The van der Waals surface area contributed by atoms with Gasteiger partial charge in [0, 0.05) is 0 Å². The lowest BCUT2D eigenvalue weighted by atomic mass is 10.1. The summed E-state index contributed by atoms with van der Waals surface area (Å²) in [6.07, 6.45) is 2.63. The first-order chi connectivity index (χ1) is 5.83. The van der Waals surface area contributed by atoms with Gasteiger partial charge < -0.3 is 0 Å². The van der Waals surface area contributed by atoms with E-state index in [1.54, 1.807) is 0 Å². The van der Waals surface area contributed by atoms with Gasteiger partial charge >= 0.3 is 0 Å². The second-order valence-electron chi connectivity index (χ2n) is 2.89. The highest BCUT2D eigenvalue weighted by atomic mass is 31.0. The molecule has 0 heterocycles. The fraction of sp³-hybridized carbons (Fsp3) is 0.400. The zero-order chi connectivity index (χ0) is 8.81. The number of hydrogen-bond acceptors (Lipinski definition) is 0. The summed E-state index contributed by atoms with van der Waals surface area (Å²) in [5, 5.41) is 1.20. The maximum absolute atomic E-state index is 11.8. The molecule has 0 aliphatic heterocycles. The zero-order valence-electron chi connectivity index (χ0n) is 7.09. The average molecular weight is 184 g/mol. The van der Waals surface area contributed by atoms with Crippen molar-refractivity contribution in [2.45, 2.75) is 19.3 Å². The normalized spacial score (nSPS) is 10.2. The fourth-order valence-corrected chi connectivity index (χ4v) is 1.30. The molecule has 0 bridgehead atoms. The molecule has 0 aromatic heterocycles. The van der Waals surface area contributed by atoms with E-state index in [-0.39, 0.29) is 6.67 Å². The Bertz CT molecular complexity index is 218. The molecule has 1 atom stereocenters. The minimum atomic E-state index is -0.193. The van der Waals surface area contributed by atoms with Gasteiger partial charge in [-0.15, -0.1) is 9.24 Å². The summed E-state index contributed by atoms with van der Waals surface area (Å²) >= 11 is 0. The average Bonchev–Trinajstić information content (AvgIpc) is 2.09. The van der Waals surface area contributed by atoms with E-state index in [1.807, 2.05) is 0 Å². The number of rotatable bonds is 4. The molecule has 2 heteroatoms. The molecule has 0 saturated carbocycles. The first-order valence-corrected chi connectivity index (χ1v) is 4.81. The molecule has 0 amide bonds. The van der Waals surface area contributed by atoms with Crippen LogP contribution in [0.3, 0.4) is 0 Å². The Morgan fingerprint density at radius 1 is 1.08 bits per heavy atom. The lowest BCUT2D eigenvalue weighted by Gasteiger charge is -1.99. The lowest BCUT2D eigenvalue weighted by molar-refractivity contribution is 0.462. The van der Waals surface area contributed by atoms with Crippen molar-refractivity contribution < 1.29 is 4.39 Å². The van der Waals surface area contributed by atoms with Gasteiger partial charge in [-0.25, -0.2) is 0 Å². The van der Waals surface area contributed by atoms with Gasteiger partial charge in [0.05, 0.1) is 6.67 Å². The Kier molecular flexibility index (Phi) is 4.24. The standard InChI is InChI=1S/C10H14FP/c11-8-2-1-3-9-4-6-10(12)7-5-9/h4-7H,1-3,8,12H2. The summed E-state index contributed by atoms with van der Waals surface area (Å²) in [6.45, 7) is -0.193. The molecule has 0 saturated heterocycles. The van der Waals surface area contributed by atoms with Crippen molar-refractivity contribution in [3.05, 3.63) is 29.8 Å². The molecule has 1 rings (SSSR count). The third kappa shape index (κ3) is 3.32. The molecule has 1 aromatic rings. The van der Waals surface area contributed by atoms with Gasteiger partial charge in [0.1, 0.15) is 0 Å². The second kappa shape index (κ2) is 5.27. The topological polar surface area (TPSA) is 0 Å². The van der Waals surface area contributed by atoms with E-state index in [0.29, 0.717) is 6.42 Å². The molecule has 0 fully saturated rings. The number of unbranched alkanes of at least 4 members (excludes halogenated alkanes) is 1. The summed E-state index contributed by atoms with van der Waals surface area (Å²) < 4.78 is 11.8. The van der Waals surface area contributed by atoms with Crippen molar-refractivity contribution >= 4 is 14.5 Å². The number of alkyl halides is 1. The molecule has 1 unspecified atom stereocenters. The van der Waals surface area contributed by atoms with Crippen molar-refractivity contribution in [3.63, 3.8) is 0 Å². The van der Waals surface area contributed by atoms with Crippen LogP contribution in [-0.4, -0.2) is 6.67 Å². The summed E-state index contributed by atoms with van der Waals surface area (Å²) in [5.41, 5.74) is 1.30. The van der Waals surface area contributed by atoms with Gasteiger partial charge in [0.15, 0.2) is 0 Å². The Hall–Kier alpha value is -0.420. The maximum Gasteiger partial charge on any atom is 0.0894 e. The zero-order valence-corrected chi connectivity index (χ0v) is 8.25. The van der Waals surface area contributed by atoms with E-state index in [1.165, 1.54) is 10.9 Å². The summed E-state index contributed by atoms with van der Waals surface area (Å²) in [5.74, 6) is 0. The van der Waals surface area contributed by atoms with E-state index >= 15 is 0 Å². The smallest absolute Gasteiger partial charge is 0.0894 e. The van der Waals surface area contributed by atoms with Crippen molar-refractivity contribution in [3.8, 4) is 0 Å². The van der Waals surface area contributed by atoms with E-state index in [2.05, 4.69) is 33.5 Å². The molecule has 0 aliphatic carbocycles. The van der Waals surface area contributed by atoms with E-state index < -0.39 is 0 Å². The minimum absolute atomic E-state index is 0.193. The first-order valence-electron chi connectivity index (χ1n) is 4.23. The van der Waals surface area contributed by atoms with Crippen molar-refractivity contribution in [2.75, 3.05) is 6.67 Å². The molecule has 66 valence electrons. The Labute approximate surface area is 75.4 Å². The largest absolute Gasteiger partial charge is 0.251 e. The van der Waals surface area contributed by atoms with Gasteiger partial charge in [-0.2, -0.15) is 0 Å².